The molecule has 0 aliphatic rings. The van der Waals surface area contributed by atoms with Crippen molar-refractivity contribution in [3.63, 3.8) is 0 Å². The highest BCUT2D eigenvalue weighted by molar-refractivity contribution is 6.31. The molecule has 3 nitrogen and oxygen atoms in total. The summed E-state index contributed by atoms with van der Waals surface area (Å²) in [4.78, 5) is 10.6. The number of carbonyl (C=O) groups is 1. The van der Waals surface area contributed by atoms with Crippen molar-refractivity contribution in [1.29, 1.82) is 0 Å². The van der Waals surface area contributed by atoms with E-state index in [0.29, 0.717) is 0 Å². The highest BCUT2D eigenvalue weighted by atomic mass is 35.5. The standard InChI is InChI=1S/C9H9ClFNO2/c1-14-7-3-2-6(10)5(9(7)11)4-8(12)13/h2-3H,4H2,1H3,(H2,12,13). The topological polar surface area (TPSA) is 52.3 Å². The molecule has 14 heavy (non-hydrogen) atoms. The lowest BCUT2D eigenvalue weighted by atomic mass is 10.1. The number of benzene rings is 1. The van der Waals surface area contributed by atoms with Gasteiger partial charge in [-0.15, -0.1) is 0 Å². The number of hydrogen-bond acceptors (Lipinski definition) is 2. The van der Waals surface area contributed by atoms with Gasteiger partial charge < -0.3 is 10.5 Å². The molecule has 0 spiro atoms. The maximum atomic E-state index is 13.5. The van der Waals surface area contributed by atoms with Gasteiger partial charge in [-0.3, -0.25) is 4.79 Å². The summed E-state index contributed by atoms with van der Waals surface area (Å²) in [5.41, 5.74) is 5.02. The van der Waals surface area contributed by atoms with E-state index in [1.165, 1.54) is 19.2 Å². The highest BCUT2D eigenvalue weighted by Crippen LogP contribution is 2.27. The molecule has 0 aliphatic heterocycles. The number of rotatable bonds is 3. The number of methoxy groups -OCH3 is 1. The minimum atomic E-state index is -0.640. The molecule has 0 atom stereocenters. The van der Waals surface area contributed by atoms with E-state index in [-0.39, 0.29) is 22.8 Å². The predicted octanol–water partition coefficient (Wildman–Crippen LogP) is 1.52. The third-order valence-corrected chi connectivity index (χ3v) is 2.08. The SMILES string of the molecule is COc1ccc(Cl)c(CC(N)=O)c1F. The molecular weight excluding hydrogens is 209 g/mol. The summed E-state index contributed by atoms with van der Waals surface area (Å²) in [6.07, 6.45) is -0.234. The molecule has 76 valence electrons. The van der Waals surface area contributed by atoms with Gasteiger partial charge in [-0.1, -0.05) is 11.6 Å². The van der Waals surface area contributed by atoms with E-state index >= 15 is 0 Å². The first-order valence-electron chi connectivity index (χ1n) is 3.85. The Hall–Kier alpha value is -1.29. The first-order valence-corrected chi connectivity index (χ1v) is 4.23. The van der Waals surface area contributed by atoms with Gasteiger partial charge >= 0.3 is 0 Å². The maximum Gasteiger partial charge on any atom is 0.222 e. The van der Waals surface area contributed by atoms with Crippen molar-refractivity contribution >= 4 is 17.5 Å². The summed E-state index contributed by atoms with van der Waals surface area (Å²) in [6, 6.07) is 2.85. The molecule has 0 aromatic heterocycles. The van der Waals surface area contributed by atoms with Crippen LogP contribution in [0.1, 0.15) is 5.56 Å². The molecule has 0 fully saturated rings. The minimum absolute atomic E-state index is 0.0469. The van der Waals surface area contributed by atoms with E-state index in [0.717, 1.165) is 0 Å². The molecule has 0 radical (unpaired) electrons. The molecular formula is C9H9ClFNO2. The smallest absolute Gasteiger partial charge is 0.222 e. The van der Waals surface area contributed by atoms with Crippen molar-refractivity contribution in [2.45, 2.75) is 6.42 Å². The second-order valence-corrected chi connectivity index (χ2v) is 3.09. The van der Waals surface area contributed by atoms with Gasteiger partial charge in [0.2, 0.25) is 5.91 Å². The van der Waals surface area contributed by atoms with Gasteiger partial charge in [0.25, 0.3) is 0 Å². The number of hydrogen-bond donors (Lipinski definition) is 1. The molecule has 0 saturated carbocycles. The van der Waals surface area contributed by atoms with Crippen LogP contribution < -0.4 is 10.5 Å². The lowest BCUT2D eigenvalue weighted by molar-refractivity contribution is -0.117. The zero-order chi connectivity index (χ0) is 10.7. The first kappa shape index (κ1) is 10.8. The fourth-order valence-electron chi connectivity index (χ4n) is 1.07. The lowest BCUT2D eigenvalue weighted by Gasteiger charge is -2.07. The highest BCUT2D eigenvalue weighted by Gasteiger charge is 2.14. The van der Waals surface area contributed by atoms with E-state index in [1.807, 2.05) is 0 Å². The summed E-state index contributed by atoms with van der Waals surface area (Å²) in [5, 5.41) is 0.169. The van der Waals surface area contributed by atoms with Crippen molar-refractivity contribution in [3.8, 4) is 5.75 Å². The van der Waals surface area contributed by atoms with E-state index < -0.39 is 11.7 Å². The number of carbonyl (C=O) groups excluding carboxylic acids is 1. The van der Waals surface area contributed by atoms with Crippen molar-refractivity contribution in [3.05, 3.63) is 28.5 Å². The number of amides is 1. The Morgan fingerprint density at radius 2 is 2.29 bits per heavy atom. The normalized spacial score (nSPS) is 9.93. The van der Waals surface area contributed by atoms with Crippen LogP contribution in [0.15, 0.2) is 12.1 Å². The molecule has 2 N–H and O–H groups in total. The van der Waals surface area contributed by atoms with Crippen molar-refractivity contribution in [2.24, 2.45) is 5.73 Å². The number of halogens is 2. The van der Waals surface area contributed by atoms with E-state index in [4.69, 9.17) is 22.1 Å². The molecule has 1 aromatic carbocycles. The summed E-state index contributed by atoms with van der Waals surface area (Å²) in [5.74, 6) is -1.23. The Morgan fingerprint density at radius 1 is 1.64 bits per heavy atom. The van der Waals surface area contributed by atoms with Crippen LogP contribution in [0.5, 0.6) is 5.75 Å². The third-order valence-electron chi connectivity index (χ3n) is 1.72. The maximum absolute atomic E-state index is 13.5. The summed E-state index contributed by atoms with van der Waals surface area (Å²) >= 11 is 5.70. The molecule has 1 amide bonds. The van der Waals surface area contributed by atoms with Gasteiger partial charge in [-0.05, 0) is 12.1 Å². The van der Waals surface area contributed by atoms with Crippen molar-refractivity contribution < 1.29 is 13.9 Å². The quantitative estimate of drug-likeness (QED) is 0.835. The van der Waals surface area contributed by atoms with Gasteiger partial charge in [-0.2, -0.15) is 0 Å². The second-order valence-electron chi connectivity index (χ2n) is 2.69. The Bertz CT molecular complexity index is 368. The van der Waals surface area contributed by atoms with Crippen LogP contribution in [0, 0.1) is 5.82 Å². The molecule has 0 heterocycles. The Kier molecular flexibility index (Phi) is 3.30. The molecule has 0 aliphatic carbocycles. The largest absolute Gasteiger partial charge is 0.494 e. The number of nitrogens with two attached hydrogens (primary N) is 1. The van der Waals surface area contributed by atoms with E-state index in [9.17, 15) is 9.18 Å². The summed E-state index contributed by atoms with van der Waals surface area (Å²) in [7, 11) is 1.33. The second kappa shape index (κ2) is 4.28. The lowest BCUT2D eigenvalue weighted by Crippen LogP contribution is -2.15. The molecule has 1 aromatic rings. The van der Waals surface area contributed by atoms with Crippen LogP contribution in [0.2, 0.25) is 5.02 Å². The van der Waals surface area contributed by atoms with Crippen molar-refractivity contribution in [1.82, 2.24) is 0 Å². The number of ether oxygens (including phenoxy) is 1. The Labute approximate surface area is 85.6 Å². The third kappa shape index (κ3) is 2.14. The van der Waals surface area contributed by atoms with E-state index in [2.05, 4.69) is 0 Å². The number of primary amides is 1. The molecule has 0 unspecified atom stereocenters. The van der Waals surface area contributed by atoms with E-state index in [1.54, 1.807) is 0 Å². The van der Waals surface area contributed by atoms with Crippen LogP contribution >= 0.6 is 11.6 Å². The fourth-order valence-corrected chi connectivity index (χ4v) is 1.28. The van der Waals surface area contributed by atoms with Crippen LogP contribution in [-0.2, 0) is 11.2 Å². The molecule has 0 bridgehead atoms. The zero-order valence-electron chi connectivity index (χ0n) is 7.51. The Morgan fingerprint density at radius 3 is 2.79 bits per heavy atom. The average molecular weight is 218 g/mol. The van der Waals surface area contributed by atoms with Gasteiger partial charge in [0.05, 0.1) is 13.5 Å². The molecule has 1 rings (SSSR count). The Balaban J connectivity index is 3.18. The van der Waals surface area contributed by atoms with Crippen LogP contribution in [0.25, 0.3) is 0 Å². The first-order chi connectivity index (χ1) is 6.56. The van der Waals surface area contributed by atoms with Crippen LogP contribution in [-0.4, -0.2) is 13.0 Å². The van der Waals surface area contributed by atoms with Gasteiger partial charge in [0.15, 0.2) is 11.6 Å². The summed E-state index contributed by atoms with van der Waals surface area (Å²) < 4.78 is 18.2. The fraction of sp³-hybridized carbons (Fsp3) is 0.222. The summed E-state index contributed by atoms with van der Waals surface area (Å²) in [6.45, 7) is 0. The molecule has 5 heteroatoms. The van der Waals surface area contributed by atoms with Gasteiger partial charge in [-0.25, -0.2) is 4.39 Å². The molecule has 0 saturated heterocycles. The van der Waals surface area contributed by atoms with Gasteiger partial charge in [0.1, 0.15) is 0 Å². The van der Waals surface area contributed by atoms with Crippen molar-refractivity contribution in [2.75, 3.05) is 7.11 Å². The average Bonchev–Trinajstić information content (AvgIpc) is 2.12. The van der Waals surface area contributed by atoms with Gasteiger partial charge in [0, 0.05) is 10.6 Å². The minimum Gasteiger partial charge on any atom is -0.494 e. The van der Waals surface area contributed by atoms with Crippen LogP contribution in [0.4, 0.5) is 4.39 Å². The monoisotopic (exact) mass is 217 g/mol. The zero-order valence-corrected chi connectivity index (χ0v) is 8.27. The predicted molar refractivity (Wildman–Crippen MR) is 50.9 cm³/mol. The van der Waals surface area contributed by atoms with Crippen LogP contribution in [0.3, 0.4) is 0 Å².